The number of ether oxygens (including phenoxy) is 6. The molecule has 0 bridgehead atoms. The lowest BCUT2D eigenvalue weighted by molar-refractivity contribution is -0.303. The summed E-state index contributed by atoms with van der Waals surface area (Å²) in [6.07, 6.45) is 4.73. The van der Waals surface area contributed by atoms with Crippen molar-refractivity contribution in [3.8, 4) is 0 Å². The Balaban J connectivity index is 0.00000108. The molecule has 2 rings (SSSR count). The van der Waals surface area contributed by atoms with E-state index < -0.39 is 83.8 Å². The number of hydrogen-bond acceptors (Lipinski definition) is 18. The fourth-order valence-electron chi connectivity index (χ4n) is 8.12. The Kier molecular flexibility index (Phi) is 34.3. The summed E-state index contributed by atoms with van der Waals surface area (Å²) in [6, 6.07) is 0. The van der Waals surface area contributed by atoms with Gasteiger partial charge in [0.25, 0.3) is 0 Å². The summed E-state index contributed by atoms with van der Waals surface area (Å²) in [7, 11) is 0. The highest BCUT2D eigenvalue weighted by Gasteiger charge is 2.37. The Hall–Kier alpha value is -2.02. The van der Waals surface area contributed by atoms with Crippen LogP contribution in [0.5, 0.6) is 0 Å². The second-order valence-electron chi connectivity index (χ2n) is 22.3. The number of nitrogens with two attached hydrogens (primary N) is 2. The first-order valence-electron chi connectivity index (χ1n) is 26.3. The molecule has 12 atom stereocenters. The van der Waals surface area contributed by atoms with E-state index in [-0.39, 0.29) is 63.3 Å². The molecule has 2 amide bonds. The lowest BCUT2D eigenvalue weighted by Crippen LogP contribution is -2.49. The van der Waals surface area contributed by atoms with Gasteiger partial charge in [0.05, 0.1) is 73.2 Å². The van der Waals surface area contributed by atoms with E-state index >= 15 is 0 Å². The van der Waals surface area contributed by atoms with Crippen LogP contribution in [0, 0.1) is 0 Å². The highest BCUT2D eigenvalue weighted by atomic mass is 16.7. The quantitative estimate of drug-likeness (QED) is 0.0512. The lowest BCUT2D eigenvalue weighted by atomic mass is 9.98. The third kappa shape index (κ3) is 38.2. The zero-order valence-electron chi connectivity index (χ0n) is 45.8. The molecule has 0 aromatic carbocycles. The molecule has 2 fully saturated rings. The van der Waals surface area contributed by atoms with Crippen LogP contribution in [0.4, 0.5) is 9.59 Å². The standard InChI is InChI=1S/C23H43NO6.C17H35NO6.C11H26N2O4/c1-9-16-13-17(27-22(5,6)26-16)11-10-12-18-14-19(29-23(7,8)28-18)15-24-20(25)30-21(2,3)4;1-5-12(19)9-13(20)7-6-8-14(21)10-15(22)11-18-16(23)24-17(2,3)4;12-6-10(16)4-8(14)2-1-3-9(15)5-11(17)7-13/h16-19H,9-15H2,1-8H3,(H,24,25);12-15,19-22H,5-11H2,1-4H3,(H,18,23);8-11,14-17H,1-7,12-13H2/t16-,17+,18+,19+;12-,13+,14+,15+;8-,9-,10-,11-/m110/s1. The van der Waals surface area contributed by atoms with Crippen molar-refractivity contribution >= 4 is 12.2 Å². The summed E-state index contributed by atoms with van der Waals surface area (Å²) in [5.41, 5.74) is 9.34. The molecule has 0 spiro atoms. The number of carbonyl (C=O) groups is 2. The average Bonchev–Trinajstić information content (AvgIpc) is 3.23. The number of hydrogen-bond donors (Lipinski definition) is 12. The van der Waals surface area contributed by atoms with Crippen molar-refractivity contribution in [1.29, 1.82) is 0 Å². The van der Waals surface area contributed by atoms with Gasteiger partial charge >= 0.3 is 12.2 Å². The molecule has 2 aliphatic heterocycles. The maximum absolute atomic E-state index is 12.0. The van der Waals surface area contributed by atoms with Gasteiger partial charge in [-0.05, 0) is 146 Å². The minimum absolute atomic E-state index is 0.0112. The van der Waals surface area contributed by atoms with E-state index in [1.54, 1.807) is 20.8 Å². The average molecular weight is 1030 g/mol. The van der Waals surface area contributed by atoms with Crippen molar-refractivity contribution in [3.63, 3.8) is 0 Å². The number of aliphatic hydroxyl groups is 8. The van der Waals surface area contributed by atoms with E-state index in [2.05, 4.69) is 17.6 Å². The monoisotopic (exact) mass is 1030 g/mol. The minimum Gasteiger partial charge on any atom is -0.444 e. The van der Waals surface area contributed by atoms with Crippen LogP contribution < -0.4 is 22.1 Å². The topological polar surface area (TPSA) is 327 Å². The van der Waals surface area contributed by atoms with Crippen LogP contribution in [0.15, 0.2) is 0 Å². The summed E-state index contributed by atoms with van der Waals surface area (Å²) in [4.78, 5) is 23.4. The molecule has 14 N–H and O–H groups in total. The molecule has 2 heterocycles. The first-order chi connectivity index (χ1) is 32.8. The van der Waals surface area contributed by atoms with Crippen molar-refractivity contribution < 1.29 is 78.9 Å². The fraction of sp³-hybridized carbons (Fsp3) is 0.961. The fourth-order valence-corrected chi connectivity index (χ4v) is 8.12. The number of nitrogens with one attached hydrogen (secondary N) is 2. The van der Waals surface area contributed by atoms with Gasteiger partial charge in [-0.2, -0.15) is 0 Å². The van der Waals surface area contributed by atoms with Gasteiger partial charge in [0, 0.05) is 58.3 Å². The largest absolute Gasteiger partial charge is 0.444 e. The predicted molar refractivity (Wildman–Crippen MR) is 272 cm³/mol. The van der Waals surface area contributed by atoms with Gasteiger partial charge in [0.2, 0.25) is 0 Å². The van der Waals surface area contributed by atoms with Gasteiger partial charge in [-0.3, -0.25) is 0 Å². The molecule has 0 aromatic heterocycles. The van der Waals surface area contributed by atoms with Crippen LogP contribution >= 0.6 is 0 Å². The van der Waals surface area contributed by atoms with E-state index in [1.807, 2.05) is 55.4 Å². The van der Waals surface area contributed by atoms with Crippen molar-refractivity contribution in [1.82, 2.24) is 10.6 Å². The van der Waals surface area contributed by atoms with E-state index in [9.17, 15) is 50.4 Å². The Morgan fingerprint density at radius 1 is 0.535 bits per heavy atom. The third-order valence-corrected chi connectivity index (χ3v) is 11.5. The molecular formula is C51H104N4O16. The van der Waals surface area contributed by atoms with Gasteiger partial charge < -0.3 is 91.4 Å². The molecule has 0 unspecified atom stereocenters. The molecule has 20 nitrogen and oxygen atoms in total. The van der Waals surface area contributed by atoms with Crippen LogP contribution in [0.3, 0.4) is 0 Å². The van der Waals surface area contributed by atoms with Crippen molar-refractivity contribution in [2.45, 2.75) is 288 Å². The first-order valence-corrected chi connectivity index (χ1v) is 26.3. The summed E-state index contributed by atoms with van der Waals surface area (Å²) in [5.74, 6) is -1.19. The van der Waals surface area contributed by atoms with E-state index in [1.165, 1.54) is 0 Å². The number of carbonyl (C=O) groups excluding carboxylic acids is 2. The Morgan fingerprint density at radius 3 is 1.27 bits per heavy atom. The molecule has 20 heteroatoms. The smallest absolute Gasteiger partial charge is 0.407 e. The maximum atomic E-state index is 12.0. The highest BCUT2D eigenvalue weighted by molar-refractivity contribution is 5.68. The molecular weight excluding hydrogens is 925 g/mol. The minimum atomic E-state index is -0.862. The van der Waals surface area contributed by atoms with Gasteiger partial charge in [-0.15, -0.1) is 0 Å². The molecule has 0 aromatic rings. The molecule has 71 heavy (non-hydrogen) atoms. The Morgan fingerprint density at radius 2 is 0.887 bits per heavy atom. The van der Waals surface area contributed by atoms with Crippen LogP contribution in [0.2, 0.25) is 0 Å². The van der Waals surface area contributed by atoms with E-state index in [0.717, 1.165) is 38.5 Å². The molecule has 2 saturated heterocycles. The van der Waals surface area contributed by atoms with Crippen molar-refractivity contribution in [3.05, 3.63) is 0 Å². The van der Waals surface area contributed by atoms with E-state index in [4.69, 9.17) is 39.9 Å². The zero-order chi connectivity index (χ0) is 54.6. The Bertz CT molecular complexity index is 1370. The Labute approximate surface area is 426 Å². The number of rotatable bonds is 28. The zero-order valence-corrected chi connectivity index (χ0v) is 45.8. The molecule has 0 radical (unpaired) electrons. The summed E-state index contributed by atoms with van der Waals surface area (Å²) in [5, 5.41) is 81.6. The van der Waals surface area contributed by atoms with Gasteiger partial charge in [-0.25, -0.2) is 9.59 Å². The second kappa shape index (κ2) is 35.3. The maximum Gasteiger partial charge on any atom is 0.407 e. The highest BCUT2D eigenvalue weighted by Crippen LogP contribution is 2.33. The van der Waals surface area contributed by atoms with Gasteiger partial charge in [0.1, 0.15) is 11.2 Å². The summed E-state index contributed by atoms with van der Waals surface area (Å²) in [6.45, 7) is 23.4. The molecule has 0 aliphatic carbocycles. The second-order valence-corrected chi connectivity index (χ2v) is 22.3. The van der Waals surface area contributed by atoms with Crippen LogP contribution in [0.25, 0.3) is 0 Å². The molecule has 2 aliphatic rings. The third-order valence-electron chi connectivity index (χ3n) is 11.5. The number of aliphatic hydroxyl groups excluding tert-OH is 8. The van der Waals surface area contributed by atoms with Gasteiger partial charge in [0.15, 0.2) is 11.6 Å². The normalized spacial score (nSPS) is 23.4. The van der Waals surface area contributed by atoms with Crippen molar-refractivity contribution in [2.75, 3.05) is 26.2 Å². The van der Waals surface area contributed by atoms with E-state index in [0.29, 0.717) is 57.9 Å². The molecule has 424 valence electrons. The predicted octanol–water partition coefficient (Wildman–Crippen LogP) is 4.52. The van der Waals surface area contributed by atoms with Crippen LogP contribution in [-0.2, 0) is 28.4 Å². The van der Waals surface area contributed by atoms with Gasteiger partial charge in [-0.1, -0.05) is 13.8 Å². The first kappa shape index (κ1) is 69.0. The lowest BCUT2D eigenvalue weighted by Gasteiger charge is -2.42. The summed E-state index contributed by atoms with van der Waals surface area (Å²) >= 11 is 0. The van der Waals surface area contributed by atoms with Crippen LogP contribution in [0.1, 0.15) is 192 Å². The SMILES string of the molecule is CC[C@@H](O)C[C@@H](O)CCC[C@H](O)C[C@H](O)CNC(=O)OC(C)(C)C.CC[C@@H]1C[C@H](CCC[C@H]2C[C@@H](CNC(=O)OC(C)(C)C)OC(C)(C)O2)OC(C)(C)O1.NC[C@@H](O)C[C@@H](O)CCC[C@H](O)C[C@H](O)CN. The number of alkyl carbamates (subject to hydrolysis) is 2. The van der Waals surface area contributed by atoms with Crippen LogP contribution in [-0.4, -0.2) is 175 Å². The molecule has 0 saturated carbocycles. The van der Waals surface area contributed by atoms with Crippen molar-refractivity contribution in [2.24, 2.45) is 11.5 Å². The number of amides is 2. The summed E-state index contributed by atoms with van der Waals surface area (Å²) < 4.78 is 34.6.